The summed E-state index contributed by atoms with van der Waals surface area (Å²) >= 11 is 3.21. The molecule has 130 valence electrons. The first-order valence-electron chi connectivity index (χ1n) is 8.01. The highest BCUT2D eigenvalue weighted by Crippen LogP contribution is 2.28. The molecule has 0 aliphatic carbocycles. The largest absolute Gasteiger partial charge is 0.497 e. The van der Waals surface area contributed by atoms with Gasteiger partial charge in [-0.25, -0.2) is 9.97 Å². The van der Waals surface area contributed by atoms with Gasteiger partial charge in [0.05, 0.1) is 12.8 Å². The number of aromatic amines is 1. The fourth-order valence-corrected chi connectivity index (χ4v) is 4.04. The van der Waals surface area contributed by atoms with Gasteiger partial charge in [0.1, 0.15) is 10.8 Å². The first kappa shape index (κ1) is 16.8. The van der Waals surface area contributed by atoms with Crippen molar-refractivity contribution in [3.63, 3.8) is 0 Å². The molecule has 2 aromatic carbocycles. The Kier molecular flexibility index (Phi) is 4.99. The molecule has 2 aromatic heterocycles. The predicted molar refractivity (Wildman–Crippen MR) is 105 cm³/mol. The van der Waals surface area contributed by atoms with Crippen LogP contribution in [0.2, 0.25) is 0 Å². The van der Waals surface area contributed by atoms with Crippen LogP contribution >= 0.6 is 23.1 Å². The maximum absolute atomic E-state index is 5.19. The summed E-state index contributed by atoms with van der Waals surface area (Å²) in [6.07, 6.45) is 0. The number of nitrogens with one attached hydrogen (secondary N) is 1. The molecule has 0 amide bonds. The summed E-state index contributed by atoms with van der Waals surface area (Å²) in [7, 11) is 1.67. The SMILES string of the molecule is COc1ccc(-c2nc(CSc3n[nH]c(-c4ccccc4)n3)cs2)cc1. The van der Waals surface area contributed by atoms with E-state index >= 15 is 0 Å². The predicted octanol–water partition coefficient (Wildman–Crippen LogP) is 4.90. The van der Waals surface area contributed by atoms with Crippen LogP contribution in [-0.2, 0) is 5.75 Å². The van der Waals surface area contributed by atoms with Crippen LogP contribution in [0.15, 0.2) is 65.1 Å². The normalized spacial score (nSPS) is 10.8. The number of hydrogen-bond donors (Lipinski definition) is 1. The zero-order valence-electron chi connectivity index (χ0n) is 14.0. The van der Waals surface area contributed by atoms with Crippen LogP contribution in [0.4, 0.5) is 0 Å². The van der Waals surface area contributed by atoms with Crippen molar-refractivity contribution in [2.24, 2.45) is 0 Å². The van der Waals surface area contributed by atoms with Gasteiger partial charge in [-0.1, -0.05) is 42.1 Å². The molecule has 0 atom stereocenters. The molecule has 0 saturated heterocycles. The second kappa shape index (κ2) is 7.72. The third-order valence-electron chi connectivity index (χ3n) is 3.75. The van der Waals surface area contributed by atoms with Crippen molar-refractivity contribution in [1.29, 1.82) is 0 Å². The van der Waals surface area contributed by atoms with Crippen LogP contribution in [0, 0.1) is 0 Å². The molecule has 0 bridgehead atoms. The summed E-state index contributed by atoms with van der Waals surface area (Å²) in [6.45, 7) is 0. The van der Waals surface area contributed by atoms with Gasteiger partial charge >= 0.3 is 0 Å². The second-order valence-corrected chi connectivity index (χ2v) is 7.29. The third kappa shape index (κ3) is 3.79. The number of methoxy groups -OCH3 is 1. The van der Waals surface area contributed by atoms with E-state index in [1.54, 1.807) is 30.2 Å². The summed E-state index contributed by atoms with van der Waals surface area (Å²) in [5, 5.41) is 11.1. The van der Waals surface area contributed by atoms with E-state index in [-0.39, 0.29) is 0 Å². The average molecular weight is 380 g/mol. The molecule has 2 heterocycles. The Morgan fingerprint density at radius 2 is 1.81 bits per heavy atom. The Morgan fingerprint density at radius 3 is 2.58 bits per heavy atom. The quantitative estimate of drug-likeness (QED) is 0.482. The number of rotatable bonds is 6. The van der Waals surface area contributed by atoms with Gasteiger partial charge in [-0.05, 0) is 24.3 Å². The number of thiazole rings is 1. The third-order valence-corrected chi connectivity index (χ3v) is 5.57. The van der Waals surface area contributed by atoms with Crippen molar-refractivity contribution < 1.29 is 4.74 Å². The molecule has 1 N–H and O–H groups in total. The van der Waals surface area contributed by atoms with Crippen molar-refractivity contribution >= 4 is 23.1 Å². The first-order chi connectivity index (χ1) is 12.8. The van der Waals surface area contributed by atoms with Gasteiger partial charge in [0.2, 0.25) is 5.16 Å². The minimum atomic E-state index is 0.725. The number of ether oxygens (including phenoxy) is 1. The van der Waals surface area contributed by atoms with Crippen LogP contribution in [0.5, 0.6) is 5.75 Å². The molecule has 0 fully saturated rings. The van der Waals surface area contributed by atoms with E-state index in [4.69, 9.17) is 9.72 Å². The standard InChI is InChI=1S/C19H16N4OS2/c1-24-16-9-7-14(8-10-16)18-20-15(11-25-18)12-26-19-21-17(22-23-19)13-5-3-2-4-6-13/h2-11H,12H2,1H3,(H,21,22,23). The maximum atomic E-state index is 5.19. The summed E-state index contributed by atoms with van der Waals surface area (Å²) in [4.78, 5) is 9.24. The van der Waals surface area contributed by atoms with Crippen molar-refractivity contribution in [2.75, 3.05) is 7.11 Å². The van der Waals surface area contributed by atoms with Crippen molar-refractivity contribution in [1.82, 2.24) is 20.2 Å². The molecule has 0 unspecified atom stereocenters. The summed E-state index contributed by atoms with van der Waals surface area (Å²) in [6, 6.07) is 17.9. The maximum Gasteiger partial charge on any atom is 0.209 e. The number of aromatic nitrogens is 4. The molecule has 4 aromatic rings. The molecule has 26 heavy (non-hydrogen) atoms. The first-order valence-corrected chi connectivity index (χ1v) is 9.88. The van der Waals surface area contributed by atoms with E-state index in [1.807, 2.05) is 54.6 Å². The highest BCUT2D eigenvalue weighted by atomic mass is 32.2. The van der Waals surface area contributed by atoms with E-state index in [2.05, 4.69) is 20.6 Å². The Morgan fingerprint density at radius 1 is 1.00 bits per heavy atom. The van der Waals surface area contributed by atoms with Crippen molar-refractivity contribution in [3.8, 4) is 27.7 Å². The van der Waals surface area contributed by atoms with Crippen molar-refractivity contribution in [3.05, 3.63) is 65.7 Å². The van der Waals surface area contributed by atoms with E-state index in [1.165, 1.54) is 0 Å². The number of H-pyrrole nitrogens is 1. The lowest BCUT2D eigenvalue weighted by Gasteiger charge is -2.00. The molecule has 5 nitrogen and oxygen atoms in total. The zero-order chi connectivity index (χ0) is 17.8. The van der Waals surface area contributed by atoms with Crippen LogP contribution in [0.3, 0.4) is 0 Å². The second-order valence-electron chi connectivity index (χ2n) is 5.49. The lowest BCUT2D eigenvalue weighted by atomic mass is 10.2. The molecule has 0 saturated carbocycles. The fourth-order valence-electron chi connectivity index (χ4n) is 2.41. The highest BCUT2D eigenvalue weighted by Gasteiger charge is 2.09. The highest BCUT2D eigenvalue weighted by molar-refractivity contribution is 7.98. The van der Waals surface area contributed by atoms with Crippen LogP contribution in [0.25, 0.3) is 22.0 Å². The lowest BCUT2D eigenvalue weighted by Crippen LogP contribution is -1.84. The number of thioether (sulfide) groups is 1. The monoisotopic (exact) mass is 380 g/mol. The van der Waals surface area contributed by atoms with Gasteiger partial charge < -0.3 is 4.74 Å². The molecule has 4 rings (SSSR count). The molecule has 0 aliphatic heterocycles. The van der Waals surface area contributed by atoms with E-state index in [9.17, 15) is 0 Å². The topological polar surface area (TPSA) is 63.7 Å². The summed E-state index contributed by atoms with van der Waals surface area (Å²) in [5.74, 6) is 2.36. The zero-order valence-corrected chi connectivity index (χ0v) is 15.7. The average Bonchev–Trinajstić information content (AvgIpc) is 3.37. The minimum absolute atomic E-state index is 0.725. The summed E-state index contributed by atoms with van der Waals surface area (Å²) < 4.78 is 5.19. The van der Waals surface area contributed by atoms with Gasteiger partial charge in [0.25, 0.3) is 0 Å². The van der Waals surface area contributed by atoms with Crippen LogP contribution in [-0.4, -0.2) is 27.3 Å². The Balaban J connectivity index is 1.41. The van der Waals surface area contributed by atoms with Gasteiger partial charge in [0.15, 0.2) is 5.82 Å². The number of nitrogens with zero attached hydrogens (tertiary/aromatic N) is 3. The van der Waals surface area contributed by atoms with E-state index in [0.717, 1.165) is 44.3 Å². The Hall–Kier alpha value is -2.64. The smallest absolute Gasteiger partial charge is 0.209 e. The fraction of sp³-hybridized carbons (Fsp3) is 0.105. The molecule has 0 radical (unpaired) electrons. The van der Waals surface area contributed by atoms with Crippen molar-refractivity contribution in [2.45, 2.75) is 10.9 Å². The Bertz CT molecular complexity index is 980. The summed E-state index contributed by atoms with van der Waals surface area (Å²) in [5.41, 5.74) is 3.15. The minimum Gasteiger partial charge on any atom is -0.497 e. The molecule has 7 heteroatoms. The van der Waals surface area contributed by atoms with E-state index in [0.29, 0.717) is 0 Å². The van der Waals surface area contributed by atoms with Gasteiger partial charge in [-0.3, -0.25) is 5.10 Å². The Labute approximate surface area is 159 Å². The molecular weight excluding hydrogens is 364 g/mol. The molecule has 0 spiro atoms. The van der Waals surface area contributed by atoms with Gasteiger partial charge in [-0.2, -0.15) is 0 Å². The number of benzene rings is 2. The van der Waals surface area contributed by atoms with Crippen LogP contribution in [0.1, 0.15) is 5.69 Å². The van der Waals surface area contributed by atoms with E-state index < -0.39 is 0 Å². The molecule has 0 aliphatic rings. The molecular formula is C19H16N4OS2. The van der Waals surface area contributed by atoms with Crippen LogP contribution < -0.4 is 4.74 Å². The van der Waals surface area contributed by atoms with Gasteiger partial charge in [-0.15, -0.1) is 16.4 Å². The number of hydrogen-bond acceptors (Lipinski definition) is 6. The lowest BCUT2D eigenvalue weighted by molar-refractivity contribution is 0.415. The van der Waals surface area contributed by atoms with Gasteiger partial charge in [0, 0.05) is 22.3 Å².